The van der Waals surface area contributed by atoms with E-state index < -0.39 is 0 Å². The molecular formula is C22H27N3O3. The van der Waals surface area contributed by atoms with Crippen LogP contribution in [0.3, 0.4) is 0 Å². The second kappa shape index (κ2) is 7.62. The molecule has 0 radical (unpaired) electrons. The van der Waals surface area contributed by atoms with Crippen LogP contribution in [0.15, 0.2) is 30.3 Å². The molecule has 4 rings (SSSR count). The number of nitrogens with zero attached hydrogens (tertiary/aromatic N) is 2. The zero-order valence-corrected chi connectivity index (χ0v) is 16.7. The van der Waals surface area contributed by atoms with E-state index in [1.54, 1.807) is 0 Å². The van der Waals surface area contributed by atoms with Gasteiger partial charge in [-0.3, -0.25) is 0 Å². The van der Waals surface area contributed by atoms with Crippen molar-refractivity contribution in [2.45, 2.75) is 20.8 Å². The van der Waals surface area contributed by atoms with Gasteiger partial charge in [0.2, 0.25) is 0 Å². The first-order chi connectivity index (χ1) is 13.5. The van der Waals surface area contributed by atoms with Gasteiger partial charge in [-0.2, -0.15) is 0 Å². The van der Waals surface area contributed by atoms with E-state index in [9.17, 15) is 4.79 Å². The molecule has 6 heteroatoms. The number of benzene rings is 2. The van der Waals surface area contributed by atoms with E-state index in [4.69, 9.17) is 9.47 Å². The molecule has 6 nitrogen and oxygen atoms in total. The van der Waals surface area contributed by atoms with Crippen molar-refractivity contribution in [1.29, 1.82) is 0 Å². The first-order valence-electron chi connectivity index (χ1n) is 9.79. The fourth-order valence-electron chi connectivity index (χ4n) is 3.96. The molecule has 0 unspecified atom stereocenters. The molecule has 1 fully saturated rings. The third-order valence-electron chi connectivity index (χ3n) is 5.37. The van der Waals surface area contributed by atoms with Crippen LogP contribution in [0.2, 0.25) is 0 Å². The molecule has 0 atom stereocenters. The van der Waals surface area contributed by atoms with Crippen molar-refractivity contribution in [2.75, 3.05) is 49.6 Å². The van der Waals surface area contributed by atoms with Crippen LogP contribution in [-0.4, -0.2) is 50.3 Å². The molecule has 2 aliphatic rings. The number of hydrogen-bond donors (Lipinski definition) is 1. The summed E-state index contributed by atoms with van der Waals surface area (Å²) in [5.41, 5.74) is 5.43. The number of urea groups is 1. The van der Waals surface area contributed by atoms with Gasteiger partial charge < -0.3 is 24.6 Å². The molecule has 1 N–H and O–H groups in total. The molecule has 2 aromatic rings. The summed E-state index contributed by atoms with van der Waals surface area (Å²) < 4.78 is 11.3. The van der Waals surface area contributed by atoms with E-state index in [1.165, 1.54) is 5.56 Å². The molecule has 28 heavy (non-hydrogen) atoms. The summed E-state index contributed by atoms with van der Waals surface area (Å²) in [6.07, 6.45) is 0. The highest BCUT2D eigenvalue weighted by atomic mass is 16.6. The molecule has 0 bridgehead atoms. The number of nitrogens with one attached hydrogen (secondary N) is 1. The minimum atomic E-state index is -0.0307. The molecule has 148 valence electrons. The molecule has 2 heterocycles. The number of carbonyl (C=O) groups excluding carboxylic acids is 1. The minimum absolute atomic E-state index is 0.0307. The zero-order chi connectivity index (χ0) is 19.7. The highest BCUT2D eigenvalue weighted by molar-refractivity contribution is 5.91. The first kappa shape index (κ1) is 18.5. The summed E-state index contributed by atoms with van der Waals surface area (Å²) in [6.45, 7) is 10.3. The van der Waals surface area contributed by atoms with Gasteiger partial charge in [-0.25, -0.2) is 4.79 Å². The topological polar surface area (TPSA) is 54.0 Å². The fourth-order valence-corrected chi connectivity index (χ4v) is 3.96. The van der Waals surface area contributed by atoms with Gasteiger partial charge in [-0.05, 0) is 44.0 Å². The van der Waals surface area contributed by atoms with E-state index in [2.05, 4.69) is 35.3 Å². The Hall–Kier alpha value is -2.89. The van der Waals surface area contributed by atoms with Crippen LogP contribution < -0.4 is 19.7 Å². The van der Waals surface area contributed by atoms with Gasteiger partial charge in [0.15, 0.2) is 11.5 Å². The van der Waals surface area contributed by atoms with Crippen molar-refractivity contribution in [3.63, 3.8) is 0 Å². The quantitative estimate of drug-likeness (QED) is 0.861. The second-order valence-corrected chi connectivity index (χ2v) is 7.51. The monoisotopic (exact) mass is 381 g/mol. The largest absolute Gasteiger partial charge is 0.486 e. The number of rotatable bonds is 2. The Morgan fingerprint density at radius 3 is 2.21 bits per heavy atom. The van der Waals surface area contributed by atoms with E-state index >= 15 is 0 Å². The lowest BCUT2D eigenvalue weighted by molar-refractivity contribution is 0.171. The molecule has 2 aliphatic heterocycles. The molecule has 0 spiro atoms. The Labute approximate surface area is 166 Å². The van der Waals surface area contributed by atoms with Gasteiger partial charge in [-0.1, -0.05) is 17.7 Å². The number of amides is 2. The predicted molar refractivity (Wildman–Crippen MR) is 111 cm³/mol. The Morgan fingerprint density at radius 2 is 1.54 bits per heavy atom. The van der Waals surface area contributed by atoms with Gasteiger partial charge in [0, 0.05) is 43.6 Å². The Morgan fingerprint density at radius 1 is 0.893 bits per heavy atom. The normalized spacial score (nSPS) is 16.1. The standard InChI is InChI=1S/C22H27N3O3/c1-15-12-16(2)21(17(3)13-15)23-22(26)25-8-6-24(7-9-25)18-4-5-19-20(14-18)28-11-10-27-19/h4-5,12-14H,6-11H2,1-3H3,(H,23,26). The maximum atomic E-state index is 12.8. The Bertz CT molecular complexity index is 866. The molecule has 1 saturated heterocycles. The van der Waals surface area contributed by atoms with Crippen molar-refractivity contribution >= 4 is 17.4 Å². The van der Waals surface area contributed by atoms with Crippen molar-refractivity contribution < 1.29 is 14.3 Å². The van der Waals surface area contributed by atoms with E-state index in [0.29, 0.717) is 26.3 Å². The third kappa shape index (κ3) is 3.72. The average Bonchev–Trinajstić information content (AvgIpc) is 2.70. The lowest BCUT2D eigenvalue weighted by Crippen LogP contribution is -2.50. The first-order valence-corrected chi connectivity index (χ1v) is 9.79. The molecule has 0 saturated carbocycles. The van der Waals surface area contributed by atoms with Crippen LogP contribution in [0.1, 0.15) is 16.7 Å². The van der Waals surface area contributed by atoms with E-state index in [0.717, 1.165) is 47.1 Å². The third-order valence-corrected chi connectivity index (χ3v) is 5.37. The highest BCUT2D eigenvalue weighted by Gasteiger charge is 2.23. The Kier molecular flexibility index (Phi) is 5.03. The predicted octanol–water partition coefficient (Wildman–Crippen LogP) is 3.74. The van der Waals surface area contributed by atoms with Crippen molar-refractivity contribution in [2.24, 2.45) is 0 Å². The van der Waals surface area contributed by atoms with Crippen LogP contribution in [0.4, 0.5) is 16.2 Å². The van der Waals surface area contributed by atoms with Crippen LogP contribution >= 0.6 is 0 Å². The smallest absolute Gasteiger partial charge is 0.321 e. The summed E-state index contributed by atoms with van der Waals surface area (Å²) in [6, 6.07) is 10.2. The summed E-state index contributed by atoms with van der Waals surface area (Å²) in [7, 11) is 0. The van der Waals surface area contributed by atoms with Crippen LogP contribution in [0.5, 0.6) is 11.5 Å². The summed E-state index contributed by atoms with van der Waals surface area (Å²) in [5, 5.41) is 3.10. The Balaban J connectivity index is 1.38. The number of carbonyl (C=O) groups is 1. The number of fused-ring (bicyclic) bond motifs is 1. The average molecular weight is 381 g/mol. The second-order valence-electron chi connectivity index (χ2n) is 7.51. The summed E-state index contributed by atoms with van der Waals surface area (Å²) in [4.78, 5) is 16.9. The van der Waals surface area contributed by atoms with Gasteiger partial charge in [-0.15, -0.1) is 0 Å². The maximum Gasteiger partial charge on any atom is 0.321 e. The van der Waals surface area contributed by atoms with Crippen molar-refractivity contribution in [3.8, 4) is 11.5 Å². The number of hydrogen-bond acceptors (Lipinski definition) is 4. The number of ether oxygens (including phenoxy) is 2. The fraction of sp³-hybridized carbons (Fsp3) is 0.409. The number of aryl methyl sites for hydroxylation is 3. The van der Waals surface area contributed by atoms with Gasteiger partial charge in [0.05, 0.1) is 0 Å². The molecule has 0 aromatic heterocycles. The molecule has 2 amide bonds. The SMILES string of the molecule is Cc1cc(C)c(NC(=O)N2CCN(c3ccc4c(c3)OCCO4)CC2)c(C)c1. The molecule has 2 aromatic carbocycles. The number of anilines is 2. The van der Waals surface area contributed by atoms with Gasteiger partial charge >= 0.3 is 6.03 Å². The summed E-state index contributed by atoms with van der Waals surface area (Å²) >= 11 is 0. The van der Waals surface area contributed by atoms with Crippen molar-refractivity contribution in [1.82, 2.24) is 4.90 Å². The summed E-state index contributed by atoms with van der Waals surface area (Å²) in [5.74, 6) is 1.60. The molecule has 0 aliphatic carbocycles. The zero-order valence-electron chi connectivity index (χ0n) is 16.7. The lowest BCUT2D eigenvalue weighted by Gasteiger charge is -2.36. The molecular weight excluding hydrogens is 354 g/mol. The number of piperazine rings is 1. The van der Waals surface area contributed by atoms with E-state index in [1.807, 2.05) is 30.9 Å². The van der Waals surface area contributed by atoms with Crippen LogP contribution in [0, 0.1) is 20.8 Å². The van der Waals surface area contributed by atoms with Crippen LogP contribution in [0.25, 0.3) is 0 Å². The van der Waals surface area contributed by atoms with E-state index in [-0.39, 0.29) is 6.03 Å². The van der Waals surface area contributed by atoms with Crippen molar-refractivity contribution in [3.05, 3.63) is 47.0 Å². The maximum absolute atomic E-state index is 12.8. The lowest BCUT2D eigenvalue weighted by atomic mass is 10.1. The van der Waals surface area contributed by atoms with Gasteiger partial charge in [0.1, 0.15) is 13.2 Å². The van der Waals surface area contributed by atoms with Gasteiger partial charge in [0.25, 0.3) is 0 Å². The minimum Gasteiger partial charge on any atom is -0.486 e. The van der Waals surface area contributed by atoms with Crippen LogP contribution in [-0.2, 0) is 0 Å². The highest BCUT2D eigenvalue weighted by Crippen LogP contribution is 2.34.